The summed E-state index contributed by atoms with van der Waals surface area (Å²) in [5.74, 6) is -1.98. The van der Waals surface area contributed by atoms with Crippen molar-refractivity contribution < 1.29 is 22.7 Å². The molecular weight excluding hydrogens is 429 g/mol. The van der Waals surface area contributed by atoms with Crippen molar-refractivity contribution in [3.05, 3.63) is 59.4 Å². The number of anilines is 1. The number of amides is 1. The van der Waals surface area contributed by atoms with Crippen LogP contribution in [0, 0.1) is 17.6 Å². The van der Waals surface area contributed by atoms with E-state index in [9.17, 15) is 18.0 Å². The quantitative estimate of drug-likeness (QED) is 0.595. The van der Waals surface area contributed by atoms with E-state index in [1.807, 2.05) is 0 Å². The maximum absolute atomic E-state index is 14.0. The number of hydrogen-bond acceptors (Lipinski definition) is 6. The van der Waals surface area contributed by atoms with Gasteiger partial charge in [-0.1, -0.05) is 6.07 Å². The number of nitrogens with zero attached hydrogens (tertiary/aromatic N) is 2. The van der Waals surface area contributed by atoms with Crippen LogP contribution in [-0.4, -0.2) is 41.7 Å². The van der Waals surface area contributed by atoms with Crippen molar-refractivity contribution in [1.29, 1.82) is 0 Å². The maximum atomic E-state index is 14.0. The van der Waals surface area contributed by atoms with Crippen molar-refractivity contribution >= 4 is 22.9 Å². The molecule has 2 atom stereocenters. The maximum Gasteiger partial charge on any atom is 0.275 e. The zero-order valence-electron chi connectivity index (χ0n) is 16.3. The van der Waals surface area contributed by atoms with Crippen LogP contribution in [0.1, 0.15) is 16.9 Å². The van der Waals surface area contributed by atoms with Crippen LogP contribution in [0.2, 0.25) is 0 Å². The first-order chi connectivity index (χ1) is 15.0. The number of aromatic nitrogens is 2. The summed E-state index contributed by atoms with van der Waals surface area (Å²) >= 11 is 0.957. The predicted molar refractivity (Wildman–Crippen MR) is 111 cm³/mol. The Morgan fingerprint density at radius 2 is 2.10 bits per heavy atom. The molecule has 0 spiro atoms. The first-order valence-corrected chi connectivity index (χ1v) is 10.5. The Labute approximate surface area is 180 Å². The van der Waals surface area contributed by atoms with Gasteiger partial charge in [0.15, 0.2) is 0 Å². The van der Waals surface area contributed by atoms with Crippen LogP contribution in [0.15, 0.2) is 42.0 Å². The summed E-state index contributed by atoms with van der Waals surface area (Å²) in [5.41, 5.74) is 0.0165. The Kier molecular flexibility index (Phi) is 6.47. The first kappa shape index (κ1) is 21.3. The highest BCUT2D eigenvalue weighted by molar-refractivity contribution is 7.13. The van der Waals surface area contributed by atoms with E-state index >= 15 is 0 Å². The molecule has 162 valence electrons. The molecule has 0 aliphatic carbocycles. The number of hydrogen-bond donors (Lipinski definition) is 2. The Hall–Kier alpha value is -2.98. The van der Waals surface area contributed by atoms with E-state index in [0.29, 0.717) is 24.4 Å². The van der Waals surface area contributed by atoms with Crippen LogP contribution in [0.3, 0.4) is 0 Å². The number of ether oxygens (including phenoxy) is 1. The lowest BCUT2D eigenvalue weighted by Crippen LogP contribution is -2.40. The van der Waals surface area contributed by atoms with Gasteiger partial charge in [0.25, 0.3) is 5.91 Å². The van der Waals surface area contributed by atoms with Crippen molar-refractivity contribution in [2.45, 2.75) is 12.6 Å². The van der Waals surface area contributed by atoms with E-state index < -0.39 is 23.7 Å². The van der Waals surface area contributed by atoms with Gasteiger partial charge in [0.05, 0.1) is 18.4 Å². The molecule has 2 N–H and O–H groups in total. The molecule has 1 saturated heterocycles. The highest BCUT2D eigenvalue weighted by Gasteiger charge is 2.25. The fraction of sp³-hybridized carbons (Fsp3) is 0.286. The molecule has 10 heteroatoms. The molecule has 1 aromatic carbocycles. The van der Waals surface area contributed by atoms with Crippen LogP contribution in [0.4, 0.5) is 18.9 Å². The molecular formula is C21H19F3N4O2S. The minimum atomic E-state index is -0.999. The molecule has 1 aliphatic heterocycles. The van der Waals surface area contributed by atoms with E-state index in [2.05, 4.69) is 20.6 Å². The summed E-state index contributed by atoms with van der Waals surface area (Å²) in [6, 6.07) is 5.09. The molecule has 3 heterocycles. The van der Waals surface area contributed by atoms with Crippen molar-refractivity contribution in [3.63, 3.8) is 0 Å². The second-order valence-corrected chi connectivity index (χ2v) is 7.90. The van der Waals surface area contributed by atoms with Crippen molar-refractivity contribution in [2.75, 3.05) is 25.0 Å². The highest BCUT2D eigenvalue weighted by Crippen LogP contribution is 2.30. The van der Waals surface area contributed by atoms with Crippen LogP contribution < -0.4 is 15.4 Å². The summed E-state index contributed by atoms with van der Waals surface area (Å²) in [6.45, 7) is 1.19. The molecule has 4 rings (SSSR count). The first-order valence-electron chi connectivity index (χ1n) is 9.66. The van der Waals surface area contributed by atoms with E-state index in [0.717, 1.165) is 30.0 Å². The van der Waals surface area contributed by atoms with Crippen LogP contribution >= 0.6 is 11.3 Å². The Balaban J connectivity index is 1.46. The number of carbonyl (C=O) groups is 1. The van der Waals surface area contributed by atoms with Gasteiger partial charge in [0, 0.05) is 30.1 Å². The van der Waals surface area contributed by atoms with Crippen LogP contribution in [-0.2, 0) is 0 Å². The Morgan fingerprint density at radius 1 is 1.29 bits per heavy atom. The third-order valence-corrected chi connectivity index (χ3v) is 5.80. The summed E-state index contributed by atoms with van der Waals surface area (Å²) in [5, 5.41) is 7.10. The summed E-state index contributed by atoms with van der Waals surface area (Å²) in [6.07, 6.45) is 2.57. The summed E-state index contributed by atoms with van der Waals surface area (Å²) in [7, 11) is 0. The molecule has 1 amide bonds. The van der Waals surface area contributed by atoms with Gasteiger partial charge in [-0.2, -0.15) is 0 Å². The fourth-order valence-electron chi connectivity index (χ4n) is 3.24. The number of rotatable bonds is 6. The summed E-state index contributed by atoms with van der Waals surface area (Å²) in [4.78, 5) is 20.7. The molecule has 6 nitrogen and oxygen atoms in total. The minimum Gasteiger partial charge on any atom is -0.491 e. The SMILES string of the molecule is O=C(Nc1cnccc1OCC1CCNC[C@@H]1F)c1csc(-c2c(F)cccc2F)n1. The molecule has 1 aliphatic rings. The van der Waals surface area contributed by atoms with Crippen molar-refractivity contribution in [2.24, 2.45) is 5.92 Å². The lowest BCUT2D eigenvalue weighted by molar-refractivity contribution is 0.102. The van der Waals surface area contributed by atoms with Gasteiger partial charge < -0.3 is 15.4 Å². The zero-order chi connectivity index (χ0) is 21.8. The Morgan fingerprint density at radius 3 is 2.87 bits per heavy atom. The molecule has 0 saturated carbocycles. The minimum absolute atomic E-state index is 0.000340. The fourth-order valence-corrected chi connectivity index (χ4v) is 4.09. The number of thiazole rings is 1. The van der Waals surface area contributed by atoms with Gasteiger partial charge in [-0.05, 0) is 25.1 Å². The van der Waals surface area contributed by atoms with Gasteiger partial charge in [-0.3, -0.25) is 9.78 Å². The van der Waals surface area contributed by atoms with Crippen molar-refractivity contribution in [1.82, 2.24) is 15.3 Å². The van der Waals surface area contributed by atoms with Crippen LogP contribution in [0.25, 0.3) is 10.6 Å². The number of nitrogens with one attached hydrogen (secondary N) is 2. The lowest BCUT2D eigenvalue weighted by atomic mass is 9.97. The van der Waals surface area contributed by atoms with Crippen LogP contribution in [0.5, 0.6) is 5.75 Å². The topological polar surface area (TPSA) is 76.1 Å². The predicted octanol–water partition coefficient (Wildman–Crippen LogP) is 4.06. The normalized spacial score (nSPS) is 18.5. The van der Waals surface area contributed by atoms with E-state index in [1.54, 1.807) is 6.07 Å². The average molecular weight is 448 g/mol. The second kappa shape index (κ2) is 9.44. The average Bonchev–Trinajstić information content (AvgIpc) is 3.24. The smallest absolute Gasteiger partial charge is 0.275 e. The third kappa shape index (κ3) is 4.86. The largest absolute Gasteiger partial charge is 0.491 e. The van der Waals surface area contributed by atoms with Gasteiger partial charge in [0.2, 0.25) is 0 Å². The van der Waals surface area contributed by atoms with Gasteiger partial charge in [-0.25, -0.2) is 18.2 Å². The number of benzene rings is 1. The number of carbonyl (C=O) groups excluding carboxylic acids is 1. The molecule has 1 fully saturated rings. The molecule has 2 aromatic heterocycles. The van der Waals surface area contributed by atoms with Crippen molar-refractivity contribution in [3.8, 4) is 16.3 Å². The van der Waals surface area contributed by atoms with Gasteiger partial charge >= 0.3 is 0 Å². The molecule has 1 unspecified atom stereocenters. The molecule has 31 heavy (non-hydrogen) atoms. The lowest BCUT2D eigenvalue weighted by Gasteiger charge is -2.26. The zero-order valence-corrected chi connectivity index (χ0v) is 17.1. The summed E-state index contributed by atoms with van der Waals surface area (Å²) < 4.78 is 47.7. The second-order valence-electron chi connectivity index (χ2n) is 7.04. The van der Waals surface area contributed by atoms with Gasteiger partial charge in [0.1, 0.15) is 39.9 Å². The van der Waals surface area contributed by atoms with E-state index in [-0.39, 0.29) is 28.8 Å². The number of pyridine rings is 1. The highest BCUT2D eigenvalue weighted by atomic mass is 32.1. The molecule has 0 bridgehead atoms. The molecule has 0 radical (unpaired) electrons. The van der Waals surface area contributed by atoms with E-state index in [4.69, 9.17) is 4.74 Å². The number of alkyl halides is 1. The number of piperidine rings is 1. The monoisotopic (exact) mass is 448 g/mol. The number of halogens is 3. The Bertz CT molecular complexity index is 1060. The van der Waals surface area contributed by atoms with E-state index in [1.165, 1.54) is 23.8 Å². The standard InChI is InChI=1S/C21H19F3N4O2S/c22-13-2-1-3-14(23)19(13)21-28-17(11-31-21)20(29)27-16-9-26-7-5-18(16)30-10-12-4-6-25-8-15(12)24/h1-3,5,7,9,11-12,15,25H,4,6,8,10H2,(H,27,29)/t12?,15-/m0/s1. The van der Waals surface area contributed by atoms with Gasteiger partial charge in [-0.15, -0.1) is 11.3 Å². The molecule has 3 aromatic rings. The third-order valence-electron chi connectivity index (χ3n) is 4.94.